The quantitative estimate of drug-likeness (QED) is 0.223. The maximum absolute atomic E-state index is 11.5. The first-order valence-corrected chi connectivity index (χ1v) is 11.3. The number of hydrogen-bond donors (Lipinski definition) is 5. The van der Waals surface area contributed by atoms with E-state index in [9.17, 15) is 9.90 Å². The van der Waals surface area contributed by atoms with Gasteiger partial charge in [0.05, 0.1) is 12.2 Å². The monoisotopic (exact) mass is 483 g/mol. The van der Waals surface area contributed by atoms with Crippen LogP contribution in [0, 0.1) is 0 Å². The number of benzene rings is 1. The van der Waals surface area contributed by atoms with Gasteiger partial charge >= 0.3 is 5.69 Å². The van der Waals surface area contributed by atoms with Crippen molar-refractivity contribution in [1.82, 2.24) is 39.5 Å². The molecule has 1 aromatic carbocycles. The summed E-state index contributed by atoms with van der Waals surface area (Å²) < 4.78 is 1.55. The summed E-state index contributed by atoms with van der Waals surface area (Å²) >= 11 is 0. The lowest BCUT2D eigenvalue weighted by atomic mass is 10.0. The lowest BCUT2D eigenvalue weighted by molar-refractivity contribution is 0.454. The molecule has 0 spiro atoms. The van der Waals surface area contributed by atoms with Crippen LogP contribution >= 0.6 is 0 Å². The van der Waals surface area contributed by atoms with E-state index in [1.807, 2.05) is 24.3 Å². The molecule has 6 rings (SSSR count). The standard InChI is InChI=1S/C23H21N11O2/c24-20-25-9-14(10-26-20)16-4-2-1-3-12(16)8-27-21-31-18-13(7-17-19(35)32-23(36)30-17)11-28-34(18)22(33-21)29-15-5-6-15/h1-4,7,9-11,15,35H,5-6,8H2,(H2,24,25,26)(H,27,29,33)(H2,30,32,36). The highest BCUT2D eigenvalue weighted by Gasteiger charge is 2.21. The molecule has 4 heterocycles. The molecule has 1 aliphatic carbocycles. The minimum Gasteiger partial charge on any atom is -0.493 e. The first-order chi connectivity index (χ1) is 17.5. The fraction of sp³-hybridized carbons (Fsp3) is 0.174. The molecule has 1 saturated carbocycles. The predicted octanol–water partition coefficient (Wildman–Crippen LogP) is 0.108. The topological polar surface area (TPSA) is 188 Å². The first kappa shape index (κ1) is 21.5. The molecule has 36 heavy (non-hydrogen) atoms. The van der Waals surface area contributed by atoms with Gasteiger partial charge in [-0.1, -0.05) is 24.3 Å². The van der Waals surface area contributed by atoms with E-state index < -0.39 is 5.69 Å². The van der Waals surface area contributed by atoms with Gasteiger partial charge in [0, 0.05) is 29.7 Å². The Labute approximate surface area is 202 Å². The maximum Gasteiger partial charge on any atom is 0.326 e. The van der Waals surface area contributed by atoms with Gasteiger partial charge in [-0.05, 0) is 30.0 Å². The van der Waals surface area contributed by atoms with Crippen molar-refractivity contribution >= 4 is 23.6 Å². The molecule has 0 saturated heterocycles. The Morgan fingerprint density at radius 1 is 1.17 bits per heavy atom. The highest BCUT2D eigenvalue weighted by molar-refractivity contribution is 5.66. The van der Waals surface area contributed by atoms with E-state index >= 15 is 0 Å². The molecule has 1 fully saturated rings. The van der Waals surface area contributed by atoms with Gasteiger partial charge in [-0.15, -0.1) is 0 Å². The van der Waals surface area contributed by atoms with Crippen LogP contribution in [0.15, 0.2) is 52.6 Å². The number of aromatic hydroxyl groups is 1. The first-order valence-electron chi connectivity index (χ1n) is 11.3. The minimum absolute atomic E-state index is 0.212. The van der Waals surface area contributed by atoms with Crippen LogP contribution in [0.5, 0.6) is 5.88 Å². The molecule has 13 heteroatoms. The summed E-state index contributed by atoms with van der Waals surface area (Å²) in [6, 6.07) is 8.08. The Kier molecular flexibility index (Phi) is 5.13. The summed E-state index contributed by atoms with van der Waals surface area (Å²) in [5.74, 6) is 0.318. The SMILES string of the molecule is Nc1ncc(-c2ccccc2CNc2nc(=NC3CC3)n3ncc(=Cc4[nH]c(=O)[nH]c4O)c3n2)cn1. The number of H-pyrrole nitrogens is 2. The predicted molar refractivity (Wildman–Crippen MR) is 130 cm³/mol. The van der Waals surface area contributed by atoms with Crippen molar-refractivity contribution in [1.29, 1.82) is 0 Å². The summed E-state index contributed by atoms with van der Waals surface area (Å²) in [6.07, 6.45) is 8.55. The van der Waals surface area contributed by atoms with Crippen LogP contribution < -0.4 is 27.6 Å². The third-order valence-electron chi connectivity index (χ3n) is 5.70. The number of fused-ring (bicyclic) bond motifs is 1. The zero-order valence-electron chi connectivity index (χ0n) is 18.9. The van der Waals surface area contributed by atoms with Crippen molar-refractivity contribution in [3.63, 3.8) is 0 Å². The van der Waals surface area contributed by atoms with Gasteiger partial charge in [-0.2, -0.15) is 19.6 Å². The van der Waals surface area contributed by atoms with E-state index in [4.69, 9.17) is 5.73 Å². The molecular weight excluding hydrogens is 462 g/mol. The fourth-order valence-corrected chi connectivity index (χ4v) is 3.77. The minimum atomic E-state index is -0.512. The summed E-state index contributed by atoms with van der Waals surface area (Å²) in [7, 11) is 0. The molecule has 0 bridgehead atoms. The summed E-state index contributed by atoms with van der Waals surface area (Å²) in [6.45, 7) is 0.429. The number of nitrogens with two attached hydrogens (primary N) is 1. The van der Waals surface area contributed by atoms with Crippen LogP contribution in [-0.4, -0.2) is 50.7 Å². The Morgan fingerprint density at radius 3 is 2.72 bits per heavy atom. The molecule has 13 nitrogen and oxygen atoms in total. The smallest absolute Gasteiger partial charge is 0.326 e. The molecule has 5 aromatic rings. The van der Waals surface area contributed by atoms with E-state index in [-0.39, 0.29) is 23.6 Å². The number of anilines is 2. The van der Waals surface area contributed by atoms with Crippen molar-refractivity contribution in [2.24, 2.45) is 4.99 Å². The van der Waals surface area contributed by atoms with Gasteiger partial charge in [0.15, 0.2) is 5.65 Å². The number of imidazole rings is 1. The molecule has 6 N–H and O–H groups in total. The van der Waals surface area contributed by atoms with E-state index in [1.54, 1.807) is 29.2 Å². The number of nitrogens with zero attached hydrogens (tertiary/aromatic N) is 7. The zero-order valence-corrected chi connectivity index (χ0v) is 18.9. The second-order valence-electron chi connectivity index (χ2n) is 8.37. The average Bonchev–Trinajstić information content (AvgIpc) is 3.51. The molecule has 0 amide bonds. The van der Waals surface area contributed by atoms with E-state index in [0.29, 0.717) is 29.0 Å². The summed E-state index contributed by atoms with van der Waals surface area (Å²) in [5, 5.41) is 18.2. The lowest BCUT2D eigenvalue weighted by Gasteiger charge is -2.11. The van der Waals surface area contributed by atoms with Crippen molar-refractivity contribution in [2.75, 3.05) is 11.1 Å². The normalized spacial score (nSPS) is 14.6. The van der Waals surface area contributed by atoms with Crippen LogP contribution in [0.2, 0.25) is 0 Å². The highest BCUT2D eigenvalue weighted by atomic mass is 16.3. The molecule has 0 radical (unpaired) electrons. The van der Waals surface area contributed by atoms with Crippen molar-refractivity contribution < 1.29 is 5.11 Å². The van der Waals surface area contributed by atoms with Crippen LogP contribution in [0.1, 0.15) is 24.1 Å². The largest absolute Gasteiger partial charge is 0.493 e. The molecular formula is C23H21N11O2. The number of rotatable bonds is 6. The van der Waals surface area contributed by atoms with Gasteiger partial charge < -0.3 is 21.1 Å². The highest BCUT2D eigenvalue weighted by Crippen LogP contribution is 2.24. The number of aromatic amines is 2. The number of hydrogen-bond acceptors (Lipinski definition) is 10. The molecule has 4 aromatic heterocycles. The van der Waals surface area contributed by atoms with Crippen molar-refractivity contribution in [3.05, 3.63) is 75.4 Å². The summed E-state index contributed by atoms with van der Waals surface area (Å²) in [4.78, 5) is 38.5. The molecule has 1 aliphatic rings. The third kappa shape index (κ3) is 4.24. The zero-order chi connectivity index (χ0) is 24.6. The van der Waals surface area contributed by atoms with Crippen LogP contribution in [-0.2, 0) is 6.54 Å². The van der Waals surface area contributed by atoms with E-state index in [2.05, 4.69) is 45.3 Å². The van der Waals surface area contributed by atoms with Crippen molar-refractivity contribution in [3.8, 4) is 17.0 Å². The van der Waals surface area contributed by atoms with Crippen LogP contribution in [0.3, 0.4) is 0 Å². The second kappa shape index (κ2) is 8.61. The van der Waals surface area contributed by atoms with Gasteiger partial charge in [-0.25, -0.2) is 19.8 Å². The number of nitrogen functional groups attached to an aromatic ring is 1. The molecule has 180 valence electrons. The van der Waals surface area contributed by atoms with E-state index in [0.717, 1.165) is 29.5 Å². The Morgan fingerprint density at radius 2 is 1.97 bits per heavy atom. The molecule has 0 unspecified atom stereocenters. The number of nitrogens with one attached hydrogen (secondary N) is 3. The van der Waals surface area contributed by atoms with Gasteiger partial charge in [-0.3, -0.25) is 4.98 Å². The molecule has 0 atom stereocenters. The maximum atomic E-state index is 11.5. The lowest BCUT2D eigenvalue weighted by Crippen LogP contribution is -2.24. The third-order valence-corrected chi connectivity index (χ3v) is 5.70. The van der Waals surface area contributed by atoms with Crippen LogP contribution in [0.4, 0.5) is 11.9 Å². The Hall–Kier alpha value is -5.07. The Balaban J connectivity index is 1.39. The van der Waals surface area contributed by atoms with Crippen molar-refractivity contribution in [2.45, 2.75) is 25.4 Å². The Bertz CT molecular complexity index is 1750. The van der Waals surface area contributed by atoms with E-state index in [1.165, 1.54) is 0 Å². The second-order valence-corrected chi connectivity index (χ2v) is 8.37. The summed E-state index contributed by atoms with van der Waals surface area (Å²) in [5.41, 5.74) is 9.05. The fourth-order valence-electron chi connectivity index (χ4n) is 3.77. The van der Waals surface area contributed by atoms with Crippen LogP contribution in [0.25, 0.3) is 22.9 Å². The van der Waals surface area contributed by atoms with Gasteiger partial charge in [0.1, 0.15) is 5.69 Å². The van der Waals surface area contributed by atoms with Gasteiger partial charge in [0.2, 0.25) is 17.8 Å². The van der Waals surface area contributed by atoms with Gasteiger partial charge in [0.25, 0.3) is 5.62 Å². The average molecular weight is 483 g/mol. The molecule has 0 aliphatic heterocycles. The number of aromatic nitrogens is 8.